The molecule has 1 aliphatic rings. The summed E-state index contributed by atoms with van der Waals surface area (Å²) in [4.78, 5) is 37.6. The van der Waals surface area contributed by atoms with Gasteiger partial charge in [-0.15, -0.1) is 0 Å². The van der Waals surface area contributed by atoms with Gasteiger partial charge in [0.05, 0.1) is 21.3 Å². The molecule has 0 saturated heterocycles. The Bertz CT molecular complexity index is 1390. The third-order valence-electron chi connectivity index (χ3n) is 6.75. The number of hydrogen-bond donors (Lipinski definition) is 5. The zero-order valence-corrected chi connectivity index (χ0v) is 27.0. The maximum absolute atomic E-state index is 14.3. The molecule has 3 rings (SSSR count). The second-order valence-corrected chi connectivity index (χ2v) is 13.2. The van der Waals surface area contributed by atoms with Crippen molar-refractivity contribution >= 4 is 36.7 Å². The number of nitrogen functional groups attached to an aromatic ring is 1. The minimum Gasteiger partial charge on any atom is -0.506 e. The van der Waals surface area contributed by atoms with Gasteiger partial charge in [-0.2, -0.15) is 9.97 Å². The first-order chi connectivity index (χ1) is 20.6. The van der Waals surface area contributed by atoms with Gasteiger partial charge in [-0.3, -0.25) is 23.2 Å². The molecule has 44 heavy (non-hydrogen) atoms. The second-order valence-electron chi connectivity index (χ2n) is 11.3. The van der Waals surface area contributed by atoms with Crippen LogP contribution in [0.5, 0.6) is 5.88 Å². The molecule has 2 aromatic rings. The number of imidazole rings is 1. The number of methoxy groups -OCH3 is 3. The number of carbonyl (C=O) groups excluding carboxylic acids is 2. The predicted octanol–water partition coefficient (Wildman–Crippen LogP) is 1.95. The fourth-order valence-corrected chi connectivity index (χ4v) is 6.42. The van der Waals surface area contributed by atoms with Gasteiger partial charge >= 0.3 is 19.6 Å². The molecule has 0 bridgehead atoms. The van der Waals surface area contributed by atoms with E-state index >= 15 is 0 Å². The van der Waals surface area contributed by atoms with Gasteiger partial charge in [0, 0.05) is 0 Å². The van der Waals surface area contributed by atoms with E-state index in [-0.39, 0.29) is 53.4 Å². The summed E-state index contributed by atoms with van der Waals surface area (Å²) in [5.74, 6) is -2.38. The molecule has 246 valence electrons. The molecule has 2 aromatic heterocycles. The normalized spacial score (nSPS) is 21.3. The summed E-state index contributed by atoms with van der Waals surface area (Å²) in [6.07, 6.45) is 0.416. The fraction of sp³-hybridized carbons (Fsp3) is 0.654. The van der Waals surface area contributed by atoms with Crippen molar-refractivity contribution in [1.29, 1.82) is 0 Å². The van der Waals surface area contributed by atoms with Crippen LogP contribution in [0.2, 0.25) is 0 Å². The van der Waals surface area contributed by atoms with Crippen LogP contribution in [0.4, 0.5) is 5.95 Å². The van der Waals surface area contributed by atoms with Crippen molar-refractivity contribution in [3.8, 4) is 5.88 Å². The Morgan fingerprint density at radius 2 is 1.64 bits per heavy atom. The lowest BCUT2D eigenvalue weighted by Gasteiger charge is -2.29. The van der Waals surface area contributed by atoms with Gasteiger partial charge in [-0.05, 0) is 31.6 Å². The number of aromatic nitrogens is 4. The van der Waals surface area contributed by atoms with Crippen molar-refractivity contribution in [2.75, 3.05) is 33.7 Å². The highest BCUT2D eigenvalue weighted by atomic mass is 31.2. The molecular formula is C26H42N7O10P. The summed E-state index contributed by atoms with van der Waals surface area (Å²) < 4.78 is 42.3. The monoisotopic (exact) mass is 643 g/mol. The summed E-state index contributed by atoms with van der Waals surface area (Å²) in [7, 11) is -0.553. The van der Waals surface area contributed by atoms with Gasteiger partial charge in [0.25, 0.3) is 0 Å². The number of nitrogens with two attached hydrogens (primary N) is 1. The number of carbonyl (C=O) groups is 2. The molecule has 0 amide bonds. The van der Waals surface area contributed by atoms with Crippen LogP contribution in [0.15, 0.2) is 17.8 Å². The number of esters is 2. The maximum atomic E-state index is 14.3. The Morgan fingerprint density at radius 3 is 2.11 bits per heavy atom. The molecule has 17 nitrogen and oxygen atoms in total. The molecule has 3 unspecified atom stereocenters. The number of ether oxygens (including phenoxy) is 4. The molecule has 18 heteroatoms. The summed E-state index contributed by atoms with van der Waals surface area (Å²) in [5, 5.41) is 27.7. The summed E-state index contributed by atoms with van der Waals surface area (Å²) in [6, 6.07) is -2.17. The molecular weight excluding hydrogens is 601 g/mol. The smallest absolute Gasteiger partial charge is 0.342 e. The quantitative estimate of drug-likeness (QED) is 0.138. The van der Waals surface area contributed by atoms with Gasteiger partial charge in [0.2, 0.25) is 18.1 Å². The zero-order chi connectivity index (χ0) is 33.0. The minimum absolute atomic E-state index is 0.0191. The second kappa shape index (κ2) is 14.1. The predicted molar refractivity (Wildman–Crippen MR) is 157 cm³/mol. The van der Waals surface area contributed by atoms with Gasteiger partial charge in [-0.25, -0.2) is 15.2 Å². The SMILES string of the molecule is COC(=O)C(CC(C)C)NP(=O)(NC(CC(C)C)C(=O)OC)OCC1=C(O)C(C)(O)[C@H](n2cnc3c(OC)nc(N)nc32)O1. The largest absolute Gasteiger partial charge is 0.506 e. The van der Waals surface area contributed by atoms with E-state index in [2.05, 4.69) is 25.1 Å². The maximum Gasteiger partial charge on any atom is 0.342 e. The van der Waals surface area contributed by atoms with E-state index in [1.165, 1.54) is 39.1 Å². The highest BCUT2D eigenvalue weighted by molar-refractivity contribution is 7.54. The molecule has 4 atom stereocenters. The standard InChI is InChI=1S/C26H42N7O10P/c1-13(2)9-15(22(35)40-7)31-44(38,32-16(10-14(3)4)23(36)41-8)42-11-17-19(34)26(5,37)24(43-17)33-12-28-18-20(33)29-25(27)30-21(18)39-6/h12-16,24,34,37H,9-11H2,1-8H3,(H2,27,29,30)(H2,31,32,38)/t15?,16?,24-,26?,44?/m1/s1. The highest BCUT2D eigenvalue weighted by Gasteiger charge is 2.49. The fourth-order valence-electron chi connectivity index (χ4n) is 4.66. The van der Waals surface area contributed by atoms with Crippen molar-refractivity contribution in [1.82, 2.24) is 29.7 Å². The Balaban J connectivity index is 1.95. The number of fused-ring (bicyclic) bond motifs is 1. The van der Waals surface area contributed by atoms with Gasteiger partial charge in [0.15, 0.2) is 28.3 Å². The summed E-state index contributed by atoms with van der Waals surface area (Å²) in [6.45, 7) is 8.07. The van der Waals surface area contributed by atoms with Crippen LogP contribution in [0.3, 0.4) is 0 Å². The van der Waals surface area contributed by atoms with Crippen molar-refractivity contribution in [2.45, 2.75) is 71.4 Å². The molecule has 0 spiro atoms. The molecule has 0 aromatic carbocycles. The first-order valence-electron chi connectivity index (χ1n) is 13.9. The number of nitrogens with one attached hydrogen (secondary N) is 2. The summed E-state index contributed by atoms with van der Waals surface area (Å²) in [5.41, 5.74) is 4.14. The molecule has 0 aliphatic carbocycles. The number of anilines is 1. The molecule has 1 aliphatic heterocycles. The van der Waals surface area contributed by atoms with Crippen LogP contribution in [0, 0.1) is 11.8 Å². The lowest BCUT2D eigenvalue weighted by atomic mass is 10.0. The van der Waals surface area contributed by atoms with E-state index in [4.69, 9.17) is 29.2 Å². The zero-order valence-electron chi connectivity index (χ0n) is 26.1. The van der Waals surface area contributed by atoms with E-state index in [9.17, 15) is 24.4 Å². The van der Waals surface area contributed by atoms with Crippen LogP contribution in [-0.2, 0) is 32.9 Å². The number of nitrogens with zero attached hydrogens (tertiary/aromatic N) is 4. The van der Waals surface area contributed by atoms with E-state index in [1.54, 1.807) is 0 Å². The van der Waals surface area contributed by atoms with E-state index < -0.39 is 55.9 Å². The number of hydrogen-bond acceptors (Lipinski definition) is 14. The van der Waals surface area contributed by atoms with E-state index in [1.807, 2.05) is 27.7 Å². The molecule has 3 heterocycles. The Morgan fingerprint density at radius 1 is 1.09 bits per heavy atom. The molecule has 6 N–H and O–H groups in total. The third kappa shape index (κ3) is 7.77. The Kier molecular flexibility index (Phi) is 11.2. The van der Waals surface area contributed by atoms with Crippen LogP contribution in [0.25, 0.3) is 11.2 Å². The van der Waals surface area contributed by atoms with Crippen LogP contribution >= 0.6 is 7.67 Å². The molecule has 0 radical (unpaired) electrons. The van der Waals surface area contributed by atoms with Crippen LogP contribution in [0.1, 0.15) is 53.7 Å². The first-order valence-corrected chi connectivity index (χ1v) is 15.5. The molecule has 0 saturated carbocycles. The van der Waals surface area contributed by atoms with Crippen molar-refractivity contribution in [2.24, 2.45) is 11.8 Å². The lowest BCUT2D eigenvalue weighted by molar-refractivity contribution is -0.143. The van der Waals surface area contributed by atoms with E-state index in [0.717, 1.165) is 0 Å². The van der Waals surface area contributed by atoms with Gasteiger partial charge in [0.1, 0.15) is 25.0 Å². The van der Waals surface area contributed by atoms with Crippen LogP contribution < -0.4 is 20.6 Å². The summed E-state index contributed by atoms with van der Waals surface area (Å²) >= 11 is 0. The average molecular weight is 644 g/mol. The van der Waals surface area contributed by atoms with Gasteiger partial charge in [-0.1, -0.05) is 27.7 Å². The van der Waals surface area contributed by atoms with E-state index in [0.29, 0.717) is 0 Å². The van der Waals surface area contributed by atoms with Crippen molar-refractivity contribution in [3.63, 3.8) is 0 Å². The number of rotatable bonds is 15. The third-order valence-corrected chi connectivity index (χ3v) is 8.54. The highest BCUT2D eigenvalue weighted by Crippen LogP contribution is 2.45. The van der Waals surface area contributed by atoms with Gasteiger partial charge < -0.3 is 34.9 Å². The van der Waals surface area contributed by atoms with Crippen LogP contribution in [-0.4, -0.2) is 87.3 Å². The topological polar surface area (TPSA) is 232 Å². The lowest BCUT2D eigenvalue weighted by Crippen LogP contribution is -2.45. The van der Waals surface area contributed by atoms with Crippen molar-refractivity contribution < 1.29 is 47.8 Å². The number of aliphatic hydroxyl groups excluding tert-OH is 1. The Labute approximate surface area is 255 Å². The van der Waals surface area contributed by atoms with Crippen molar-refractivity contribution in [3.05, 3.63) is 17.8 Å². The average Bonchev–Trinajstić information content (AvgIpc) is 3.46. The number of aliphatic hydroxyl groups is 2. The Hall–Kier alpha value is -3.50. The first kappa shape index (κ1) is 35.0. The minimum atomic E-state index is -4.32. The molecule has 0 fully saturated rings.